The van der Waals surface area contributed by atoms with Crippen LogP contribution in [0.4, 0.5) is 24.3 Å². The molecule has 2 N–H and O–H groups in total. The first-order chi connectivity index (χ1) is 37.4. The molecule has 25 nitrogen and oxygen atoms in total. The predicted molar refractivity (Wildman–Crippen MR) is 294 cm³/mol. The van der Waals surface area contributed by atoms with Gasteiger partial charge in [-0.1, -0.05) is 17.3 Å². The molecule has 2 unspecified atom stereocenters. The lowest BCUT2D eigenvalue weighted by molar-refractivity contribution is -0.664. The number of β-lactam (4-membered cyclic amide) rings is 1. The first-order valence-electron chi connectivity index (χ1n) is 25.8. The van der Waals surface area contributed by atoms with Crippen LogP contribution in [0.15, 0.2) is 65.3 Å². The van der Waals surface area contributed by atoms with Crippen molar-refractivity contribution < 1.29 is 71.4 Å². The number of rotatable bonds is 19. The quantitative estimate of drug-likeness (QED) is 0.0235. The normalized spacial score (nSPS) is 15.8. The molecule has 0 bridgehead atoms. The Morgan fingerprint density at radius 2 is 1.48 bits per heavy atom. The van der Waals surface area contributed by atoms with Crippen molar-refractivity contribution in [2.24, 2.45) is 5.16 Å². The third-order valence-electron chi connectivity index (χ3n) is 11.1. The monoisotopic (exact) mass is 1150 g/mol. The molecule has 3 aromatic heterocycles. The van der Waals surface area contributed by atoms with Gasteiger partial charge < -0.3 is 48.0 Å². The Kier molecular flexibility index (Phi) is 19.8. The molecule has 0 aliphatic carbocycles. The number of carbonyl (C=O) groups is 7. The van der Waals surface area contributed by atoms with Crippen LogP contribution in [0.5, 0.6) is 5.75 Å². The van der Waals surface area contributed by atoms with Gasteiger partial charge in [0, 0.05) is 42.5 Å². The maximum Gasteiger partial charge on any atom is 0.419 e. The first kappa shape index (κ1) is 61.7. The Bertz CT molecular complexity index is 2960. The fourth-order valence-corrected chi connectivity index (χ4v) is 9.67. The zero-order valence-electron chi connectivity index (χ0n) is 47.7. The highest BCUT2D eigenvalue weighted by molar-refractivity contribution is 8.00. The van der Waals surface area contributed by atoms with Crippen molar-refractivity contribution in [3.05, 3.63) is 71.6 Å². The van der Waals surface area contributed by atoms with E-state index in [1.165, 1.54) is 21.6 Å². The van der Waals surface area contributed by atoms with Gasteiger partial charge in [0.15, 0.2) is 0 Å². The van der Waals surface area contributed by atoms with Gasteiger partial charge in [-0.2, -0.15) is 9.36 Å². The van der Waals surface area contributed by atoms with Gasteiger partial charge in [-0.15, -0.1) is 11.8 Å². The summed E-state index contributed by atoms with van der Waals surface area (Å²) in [6.07, 6.45) is 0.584. The van der Waals surface area contributed by atoms with E-state index in [2.05, 4.69) is 25.1 Å². The van der Waals surface area contributed by atoms with Crippen molar-refractivity contribution in [2.75, 3.05) is 44.4 Å². The number of imide groups is 1. The molecular weight excluding hydrogens is 1080 g/mol. The second-order valence-corrected chi connectivity index (χ2v) is 24.2. The number of imidazole rings is 1. The Morgan fingerprint density at radius 1 is 0.838 bits per heavy atom. The number of fused-ring (bicyclic) bond motifs is 2. The van der Waals surface area contributed by atoms with E-state index >= 15 is 0 Å². The van der Waals surface area contributed by atoms with Crippen LogP contribution in [0, 0.1) is 0 Å². The second kappa shape index (κ2) is 25.7. The minimum atomic E-state index is -1.12. The van der Waals surface area contributed by atoms with Crippen molar-refractivity contribution >= 4 is 87.5 Å². The molecule has 2 atom stereocenters. The summed E-state index contributed by atoms with van der Waals surface area (Å²) >= 11 is 2.11. The zero-order valence-corrected chi connectivity index (χ0v) is 49.3. The van der Waals surface area contributed by atoms with E-state index in [1.54, 1.807) is 134 Å². The SMILES string of the molecule is CCON=C(C(=O)NC1C(=O)N2C(C(=O)OCc3ccc(OC)cc3)=C(C[n+]3cccc4c3ncn4CCCN(CCN(C(=O)OC(C)(C)C)C(=O)OC(C)(C)C)C(=O)OC(C)(C)C)CSC12)c1nsc(NC(=O)OC(C)(C)C)n1. The lowest BCUT2D eigenvalue weighted by Gasteiger charge is -2.49. The molecule has 1 aromatic carbocycles. The van der Waals surface area contributed by atoms with Crippen LogP contribution in [-0.4, -0.2) is 154 Å². The number of amides is 6. The fraction of sp³-hybridized carbons (Fsp3) is 0.547. The lowest BCUT2D eigenvalue weighted by Crippen LogP contribution is -2.71. The summed E-state index contributed by atoms with van der Waals surface area (Å²) in [5, 5.41) is 8.44. The number of nitrogens with zero attached hydrogens (tertiary/aromatic N) is 9. The molecule has 6 amide bonds. The van der Waals surface area contributed by atoms with E-state index in [1.807, 2.05) is 21.3 Å². The molecule has 0 spiro atoms. The number of anilines is 1. The number of pyridine rings is 1. The number of hydrogen-bond donors (Lipinski definition) is 2. The minimum absolute atomic E-state index is 0.0167. The van der Waals surface area contributed by atoms with Crippen LogP contribution < -0.4 is 19.9 Å². The van der Waals surface area contributed by atoms with E-state index in [9.17, 15) is 33.6 Å². The number of nitrogens with one attached hydrogen (secondary N) is 2. The molecule has 2 aliphatic heterocycles. The third kappa shape index (κ3) is 17.0. The minimum Gasteiger partial charge on any atom is -0.497 e. The predicted octanol–water partition coefficient (Wildman–Crippen LogP) is 7.17. The number of oxime groups is 1. The fourth-order valence-electron chi connectivity index (χ4n) is 7.77. The van der Waals surface area contributed by atoms with Crippen LogP contribution in [0.25, 0.3) is 11.2 Å². The van der Waals surface area contributed by atoms with Crippen LogP contribution in [0.3, 0.4) is 0 Å². The van der Waals surface area contributed by atoms with Crippen LogP contribution in [-0.2, 0) is 62.6 Å². The number of carbonyl (C=O) groups excluding carboxylic acids is 7. The number of hydrogen-bond acceptors (Lipinski definition) is 20. The number of methoxy groups -OCH3 is 1. The molecule has 80 heavy (non-hydrogen) atoms. The maximum atomic E-state index is 14.4. The number of ether oxygens (including phenoxy) is 6. The summed E-state index contributed by atoms with van der Waals surface area (Å²) in [6, 6.07) is 9.57. The maximum absolute atomic E-state index is 14.4. The van der Waals surface area contributed by atoms with Crippen molar-refractivity contribution in [3.63, 3.8) is 0 Å². The Labute approximate surface area is 472 Å². The number of benzene rings is 1. The Morgan fingerprint density at radius 3 is 2.09 bits per heavy atom. The average molecular weight is 1150 g/mol. The van der Waals surface area contributed by atoms with Crippen LogP contribution in [0.2, 0.25) is 0 Å². The van der Waals surface area contributed by atoms with Crippen molar-refractivity contribution in [1.29, 1.82) is 0 Å². The Balaban J connectivity index is 1.22. The molecule has 0 saturated carbocycles. The molecular formula is C53H72N11O14S2+. The van der Waals surface area contributed by atoms with E-state index < -0.39 is 76.0 Å². The summed E-state index contributed by atoms with van der Waals surface area (Å²) in [5.41, 5.74) is -1.31. The molecule has 434 valence electrons. The standard InChI is InChI=1S/C53H71N11O14S2/c1-15-74-58-36(39-56-45(80-59-39)57-46(68)75-50(2,3)4)41(65)55-37-42(66)64-38(44(67)73-29-32-19-21-34(72-14)22-20-32)33(30-79-43(37)64)28-61-23-16-18-35-40(61)54-31-62(35)25-17-24-60(47(69)76-51(5,6)7)26-27-63(48(70)77-52(8,9)10)49(71)78-53(11,12)13/h16,18-23,31,37,43H,15,17,24-30H2,1-14H3,(H-,55,56,57,59,65,68)/p+1. The average Bonchev–Trinajstić information content (AvgIpc) is 4.07. The molecule has 4 aromatic rings. The summed E-state index contributed by atoms with van der Waals surface area (Å²) in [6.45, 7) is 22.3. The molecule has 27 heteroatoms. The highest BCUT2D eigenvalue weighted by Gasteiger charge is 2.55. The molecule has 1 fully saturated rings. The molecule has 0 radical (unpaired) electrons. The smallest absolute Gasteiger partial charge is 0.419 e. The summed E-state index contributed by atoms with van der Waals surface area (Å²) in [7, 11) is 1.54. The molecule has 5 heterocycles. The summed E-state index contributed by atoms with van der Waals surface area (Å²) in [5.74, 6) is -1.50. The van der Waals surface area contributed by atoms with Gasteiger partial charge in [0.2, 0.25) is 23.0 Å². The van der Waals surface area contributed by atoms with Gasteiger partial charge >= 0.3 is 36.0 Å². The van der Waals surface area contributed by atoms with E-state index in [0.29, 0.717) is 35.5 Å². The summed E-state index contributed by atoms with van der Waals surface area (Å²) in [4.78, 5) is 113. The number of aryl methyl sites for hydroxylation is 1. The van der Waals surface area contributed by atoms with Gasteiger partial charge in [-0.25, -0.2) is 33.4 Å². The summed E-state index contributed by atoms with van der Waals surface area (Å²) < 4.78 is 41.2. The lowest BCUT2D eigenvalue weighted by atomic mass is 10.0. The first-order valence-corrected chi connectivity index (χ1v) is 27.6. The van der Waals surface area contributed by atoms with E-state index in [4.69, 9.17) is 38.2 Å². The largest absolute Gasteiger partial charge is 0.497 e. The molecule has 2 aliphatic rings. The number of esters is 1. The van der Waals surface area contributed by atoms with Gasteiger partial charge in [0.05, 0.1) is 19.9 Å². The van der Waals surface area contributed by atoms with Crippen molar-refractivity contribution in [1.82, 2.24) is 38.9 Å². The zero-order chi connectivity index (χ0) is 58.9. The van der Waals surface area contributed by atoms with Crippen LogP contribution >= 0.6 is 23.3 Å². The van der Waals surface area contributed by atoms with Gasteiger partial charge in [0.25, 0.3) is 11.8 Å². The highest BCUT2D eigenvalue weighted by Crippen LogP contribution is 2.41. The number of aromatic nitrogens is 5. The highest BCUT2D eigenvalue weighted by atomic mass is 32.2. The topological polar surface area (TPSA) is 278 Å². The van der Waals surface area contributed by atoms with Crippen molar-refractivity contribution in [2.45, 2.75) is 150 Å². The van der Waals surface area contributed by atoms with E-state index in [0.717, 1.165) is 21.9 Å². The van der Waals surface area contributed by atoms with Crippen molar-refractivity contribution in [3.8, 4) is 5.75 Å². The number of thioether (sulfide) groups is 1. The Hall–Kier alpha value is -7.55. The second-order valence-electron chi connectivity index (χ2n) is 22.4. The van der Waals surface area contributed by atoms with Gasteiger partial charge in [-0.3, -0.25) is 19.8 Å². The third-order valence-corrected chi connectivity index (χ3v) is 13.1. The molecule has 1 saturated heterocycles. The molecule has 6 rings (SSSR count). The van der Waals surface area contributed by atoms with Crippen LogP contribution in [0.1, 0.15) is 108 Å². The van der Waals surface area contributed by atoms with Gasteiger partial charge in [0.1, 0.15) is 70.5 Å². The van der Waals surface area contributed by atoms with Gasteiger partial charge in [-0.05, 0) is 131 Å². The van der Waals surface area contributed by atoms with E-state index in [-0.39, 0.29) is 67.5 Å².